The highest BCUT2D eigenvalue weighted by molar-refractivity contribution is 9.10. The average molecular weight is 583 g/mol. The van der Waals surface area contributed by atoms with Gasteiger partial charge in [0.05, 0.1) is 18.1 Å². The molecule has 0 spiro atoms. The average Bonchev–Trinajstić information content (AvgIpc) is 3.01. The minimum atomic E-state index is -0.568. The molecule has 0 bridgehead atoms. The summed E-state index contributed by atoms with van der Waals surface area (Å²) in [5.41, 5.74) is 0.895. The van der Waals surface area contributed by atoms with Crippen molar-refractivity contribution < 1.29 is 28.7 Å². The Labute approximate surface area is 205 Å². The molecule has 2 aromatic carbocycles. The summed E-state index contributed by atoms with van der Waals surface area (Å²) in [5, 5.41) is -0.532. The van der Waals surface area contributed by atoms with E-state index in [1.807, 2.05) is 0 Å². The van der Waals surface area contributed by atoms with E-state index in [1.165, 1.54) is 6.08 Å². The number of esters is 1. The van der Waals surface area contributed by atoms with E-state index >= 15 is 0 Å². The maximum Gasteiger partial charge on any atom is 0.344 e. The standard InChI is InChI=1S/C22H17Br2NO6S/c1-2-30-20(27)12-31-18-8-7-16(24)9-14(18)10-19-21(28)25(22(29)32-19)11-17(26)13-3-5-15(23)6-4-13/h3-10H,2,11-12H2,1H3/b19-10+. The van der Waals surface area contributed by atoms with E-state index in [-0.39, 0.29) is 30.4 Å². The first-order chi connectivity index (χ1) is 15.3. The number of hydrogen-bond donors (Lipinski definition) is 0. The third kappa shape index (κ3) is 6.08. The zero-order valence-corrected chi connectivity index (χ0v) is 20.8. The molecule has 1 saturated heterocycles. The number of ether oxygens (including phenoxy) is 2. The van der Waals surface area contributed by atoms with Gasteiger partial charge in [-0.2, -0.15) is 0 Å². The number of hydrogen-bond acceptors (Lipinski definition) is 7. The molecule has 1 aliphatic heterocycles. The molecular formula is C22H17Br2NO6S. The molecule has 0 radical (unpaired) electrons. The van der Waals surface area contributed by atoms with Crippen LogP contribution >= 0.6 is 43.6 Å². The lowest BCUT2D eigenvalue weighted by Crippen LogP contribution is -2.33. The Morgan fingerprint density at radius 1 is 1.06 bits per heavy atom. The molecule has 0 aliphatic carbocycles. The minimum absolute atomic E-state index is 0.151. The highest BCUT2D eigenvalue weighted by Crippen LogP contribution is 2.35. The predicted molar refractivity (Wildman–Crippen MR) is 127 cm³/mol. The van der Waals surface area contributed by atoms with Crippen molar-refractivity contribution in [3.63, 3.8) is 0 Å². The van der Waals surface area contributed by atoms with Crippen LogP contribution in [0.25, 0.3) is 6.08 Å². The van der Waals surface area contributed by atoms with Crippen LogP contribution in [0.2, 0.25) is 0 Å². The Balaban J connectivity index is 1.78. The second-order valence-electron chi connectivity index (χ2n) is 6.47. The number of rotatable bonds is 8. The van der Waals surface area contributed by atoms with Gasteiger partial charge in [-0.15, -0.1) is 0 Å². The Bertz CT molecular complexity index is 1100. The third-order valence-electron chi connectivity index (χ3n) is 4.25. The number of imide groups is 1. The van der Waals surface area contributed by atoms with E-state index in [2.05, 4.69) is 31.9 Å². The van der Waals surface area contributed by atoms with E-state index in [9.17, 15) is 19.2 Å². The van der Waals surface area contributed by atoms with Crippen LogP contribution in [0.4, 0.5) is 4.79 Å². The Kier molecular flexibility index (Phi) is 8.27. The molecule has 0 N–H and O–H groups in total. The van der Waals surface area contributed by atoms with Crippen LogP contribution < -0.4 is 4.74 Å². The van der Waals surface area contributed by atoms with Gasteiger partial charge in [-0.3, -0.25) is 19.3 Å². The maximum absolute atomic E-state index is 12.8. The molecule has 7 nitrogen and oxygen atoms in total. The van der Waals surface area contributed by atoms with Crippen molar-refractivity contribution in [2.24, 2.45) is 0 Å². The van der Waals surface area contributed by atoms with E-state index in [0.29, 0.717) is 16.9 Å². The molecule has 0 atom stereocenters. The van der Waals surface area contributed by atoms with Gasteiger partial charge in [-0.05, 0) is 55.1 Å². The van der Waals surface area contributed by atoms with Crippen LogP contribution in [0.3, 0.4) is 0 Å². The fourth-order valence-electron chi connectivity index (χ4n) is 2.75. The number of thioether (sulfide) groups is 1. The molecule has 1 heterocycles. The van der Waals surface area contributed by atoms with Crippen molar-refractivity contribution in [2.45, 2.75) is 6.92 Å². The first-order valence-corrected chi connectivity index (χ1v) is 11.8. The van der Waals surface area contributed by atoms with Gasteiger partial charge in [0.15, 0.2) is 12.4 Å². The zero-order valence-electron chi connectivity index (χ0n) is 16.8. The van der Waals surface area contributed by atoms with E-state index in [4.69, 9.17) is 9.47 Å². The first kappa shape index (κ1) is 24.2. The SMILES string of the molecule is CCOC(=O)COc1ccc(Br)cc1/C=C1/SC(=O)N(CC(=O)c2ccc(Br)cc2)C1=O. The Morgan fingerprint density at radius 3 is 2.44 bits per heavy atom. The summed E-state index contributed by atoms with van der Waals surface area (Å²) in [6.45, 7) is 1.29. The predicted octanol–water partition coefficient (Wildman–Crippen LogP) is 5.07. The highest BCUT2D eigenvalue weighted by atomic mass is 79.9. The number of amides is 2. The number of carbonyl (C=O) groups is 4. The molecule has 0 unspecified atom stereocenters. The van der Waals surface area contributed by atoms with Crippen molar-refractivity contribution in [3.8, 4) is 5.75 Å². The van der Waals surface area contributed by atoms with Gasteiger partial charge in [0.2, 0.25) is 0 Å². The summed E-state index contributed by atoms with van der Waals surface area (Å²) in [5.74, 6) is -1.09. The monoisotopic (exact) mass is 581 g/mol. The van der Waals surface area contributed by atoms with Crippen molar-refractivity contribution >= 4 is 72.6 Å². The van der Waals surface area contributed by atoms with Crippen LogP contribution in [0, 0.1) is 0 Å². The lowest BCUT2D eigenvalue weighted by Gasteiger charge is -2.12. The number of ketones is 1. The van der Waals surface area contributed by atoms with Crippen LogP contribution in [0.5, 0.6) is 5.75 Å². The van der Waals surface area contributed by atoms with Gasteiger partial charge < -0.3 is 9.47 Å². The number of halogens is 2. The number of Topliss-reactive ketones (excluding diaryl/α,β-unsaturated/α-hetero) is 1. The number of benzene rings is 2. The molecular weight excluding hydrogens is 566 g/mol. The lowest BCUT2D eigenvalue weighted by molar-refractivity contribution is -0.145. The van der Waals surface area contributed by atoms with Gasteiger partial charge in [-0.25, -0.2) is 4.79 Å². The molecule has 3 rings (SSSR count). The fraction of sp³-hybridized carbons (Fsp3) is 0.182. The molecule has 2 aromatic rings. The summed E-state index contributed by atoms with van der Waals surface area (Å²) < 4.78 is 11.9. The molecule has 1 aliphatic rings. The van der Waals surface area contributed by atoms with Crippen LogP contribution in [-0.4, -0.2) is 47.6 Å². The van der Waals surface area contributed by atoms with Crippen molar-refractivity contribution in [1.29, 1.82) is 0 Å². The van der Waals surface area contributed by atoms with Crippen molar-refractivity contribution in [3.05, 3.63) is 67.4 Å². The molecule has 2 amide bonds. The molecule has 32 heavy (non-hydrogen) atoms. The molecule has 1 fully saturated rings. The quantitative estimate of drug-likeness (QED) is 0.244. The second-order valence-corrected chi connectivity index (χ2v) is 9.30. The highest BCUT2D eigenvalue weighted by Gasteiger charge is 2.36. The minimum Gasteiger partial charge on any atom is -0.481 e. The number of nitrogens with zero attached hydrogens (tertiary/aromatic N) is 1. The summed E-state index contributed by atoms with van der Waals surface area (Å²) in [6, 6.07) is 11.7. The van der Waals surface area contributed by atoms with E-state index in [1.54, 1.807) is 49.4 Å². The topological polar surface area (TPSA) is 90.0 Å². The van der Waals surface area contributed by atoms with Crippen molar-refractivity contribution in [1.82, 2.24) is 4.90 Å². The van der Waals surface area contributed by atoms with E-state index < -0.39 is 17.1 Å². The largest absolute Gasteiger partial charge is 0.481 e. The van der Waals surface area contributed by atoms with Gasteiger partial charge in [-0.1, -0.05) is 44.0 Å². The van der Waals surface area contributed by atoms with Gasteiger partial charge in [0.1, 0.15) is 5.75 Å². The maximum atomic E-state index is 12.8. The summed E-state index contributed by atoms with van der Waals surface area (Å²) in [7, 11) is 0. The van der Waals surface area contributed by atoms with Crippen LogP contribution in [-0.2, 0) is 14.3 Å². The van der Waals surface area contributed by atoms with E-state index in [0.717, 1.165) is 25.6 Å². The first-order valence-electron chi connectivity index (χ1n) is 9.40. The van der Waals surface area contributed by atoms with Gasteiger partial charge in [0, 0.05) is 20.1 Å². The van der Waals surface area contributed by atoms with Gasteiger partial charge >= 0.3 is 5.97 Å². The molecule has 10 heteroatoms. The fourth-order valence-corrected chi connectivity index (χ4v) is 4.22. The normalized spacial score (nSPS) is 14.7. The molecule has 0 saturated carbocycles. The zero-order chi connectivity index (χ0) is 23.3. The Hall–Kier alpha value is -2.43. The van der Waals surface area contributed by atoms with Crippen LogP contribution in [0.1, 0.15) is 22.8 Å². The Morgan fingerprint density at radius 2 is 1.75 bits per heavy atom. The van der Waals surface area contributed by atoms with Gasteiger partial charge in [0.25, 0.3) is 11.1 Å². The second kappa shape index (κ2) is 10.9. The third-order valence-corrected chi connectivity index (χ3v) is 6.18. The molecule has 0 aromatic heterocycles. The van der Waals surface area contributed by atoms with Crippen LogP contribution in [0.15, 0.2) is 56.3 Å². The number of carbonyl (C=O) groups excluding carboxylic acids is 4. The summed E-state index contributed by atoms with van der Waals surface area (Å²) >= 11 is 7.40. The molecule has 166 valence electrons. The summed E-state index contributed by atoms with van der Waals surface area (Å²) in [6.07, 6.45) is 1.50. The smallest absolute Gasteiger partial charge is 0.344 e. The van der Waals surface area contributed by atoms with Crippen molar-refractivity contribution in [2.75, 3.05) is 19.8 Å². The lowest BCUT2D eigenvalue weighted by atomic mass is 10.1. The summed E-state index contributed by atoms with van der Waals surface area (Å²) in [4.78, 5) is 50.4.